The summed E-state index contributed by atoms with van der Waals surface area (Å²) in [5.74, 6) is -0.0120. The van der Waals surface area contributed by atoms with Crippen molar-refractivity contribution in [2.45, 2.75) is 46.1 Å². The maximum absolute atomic E-state index is 12.4. The monoisotopic (exact) mass is 369 g/mol. The van der Waals surface area contributed by atoms with Gasteiger partial charge in [-0.25, -0.2) is 4.79 Å². The number of rotatable bonds is 8. The summed E-state index contributed by atoms with van der Waals surface area (Å²) >= 11 is 0. The van der Waals surface area contributed by atoms with E-state index in [1.54, 1.807) is 13.0 Å². The highest BCUT2D eigenvalue weighted by Crippen LogP contribution is 2.26. The summed E-state index contributed by atoms with van der Waals surface area (Å²) in [6, 6.07) is 15.1. The lowest BCUT2D eigenvalue weighted by Gasteiger charge is -2.18. The van der Waals surface area contributed by atoms with Crippen molar-refractivity contribution < 1.29 is 19.1 Å². The van der Waals surface area contributed by atoms with Crippen LogP contribution in [0.1, 0.15) is 44.2 Å². The number of amides is 1. The Morgan fingerprint density at radius 3 is 2.41 bits per heavy atom. The molecule has 0 spiro atoms. The molecule has 1 amide bonds. The van der Waals surface area contributed by atoms with Crippen LogP contribution >= 0.6 is 0 Å². The molecule has 0 saturated carbocycles. The van der Waals surface area contributed by atoms with Gasteiger partial charge in [-0.2, -0.15) is 0 Å². The first-order valence-electron chi connectivity index (χ1n) is 9.20. The van der Waals surface area contributed by atoms with Gasteiger partial charge in [-0.15, -0.1) is 0 Å². The fraction of sp³-hybridized carbons (Fsp3) is 0.364. The Morgan fingerprint density at radius 1 is 1.04 bits per heavy atom. The summed E-state index contributed by atoms with van der Waals surface area (Å²) < 4.78 is 10.7. The number of hydrogen-bond acceptors (Lipinski definition) is 4. The number of aryl methyl sites for hydroxylation is 1. The molecule has 0 saturated heterocycles. The van der Waals surface area contributed by atoms with Crippen LogP contribution in [-0.2, 0) is 14.3 Å². The van der Waals surface area contributed by atoms with E-state index in [2.05, 4.69) is 19.2 Å². The number of nitrogens with one attached hydrogen (secondary N) is 1. The van der Waals surface area contributed by atoms with Crippen LogP contribution in [-0.4, -0.2) is 24.6 Å². The first-order chi connectivity index (χ1) is 12.9. The van der Waals surface area contributed by atoms with Gasteiger partial charge >= 0.3 is 5.97 Å². The standard InChI is InChI=1S/C22H27NO4/c1-5-15(2)18-11-7-8-12-19(18)23-22(25)17(4)27-21(24)14-26-20-13-9-6-10-16(20)3/h6-13,15,17H,5,14H2,1-4H3,(H,23,25)/t15-,17-/m1/s1. The summed E-state index contributed by atoms with van der Waals surface area (Å²) in [7, 11) is 0. The van der Waals surface area contributed by atoms with Crippen LogP contribution < -0.4 is 10.1 Å². The summed E-state index contributed by atoms with van der Waals surface area (Å²) in [5, 5.41) is 2.86. The van der Waals surface area contributed by atoms with E-state index < -0.39 is 12.1 Å². The Balaban J connectivity index is 1.90. The second kappa shape index (κ2) is 9.76. The Labute approximate surface area is 160 Å². The van der Waals surface area contributed by atoms with Crippen LogP contribution in [0, 0.1) is 6.92 Å². The molecule has 27 heavy (non-hydrogen) atoms. The van der Waals surface area contributed by atoms with Crippen LogP contribution in [0.5, 0.6) is 5.75 Å². The second-order valence-electron chi connectivity index (χ2n) is 6.57. The van der Waals surface area contributed by atoms with Crippen LogP contribution in [0.25, 0.3) is 0 Å². The summed E-state index contributed by atoms with van der Waals surface area (Å²) in [6.45, 7) is 7.41. The van der Waals surface area contributed by atoms with Crippen LogP contribution in [0.2, 0.25) is 0 Å². The molecule has 2 atom stereocenters. The van der Waals surface area contributed by atoms with E-state index in [4.69, 9.17) is 9.47 Å². The van der Waals surface area contributed by atoms with E-state index in [1.807, 2.05) is 49.4 Å². The van der Waals surface area contributed by atoms with Crippen molar-refractivity contribution in [1.29, 1.82) is 0 Å². The lowest BCUT2D eigenvalue weighted by Crippen LogP contribution is -2.32. The van der Waals surface area contributed by atoms with Gasteiger partial charge in [0, 0.05) is 5.69 Å². The molecule has 0 bridgehead atoms. The molecule has 144 valence electrons. The minimum Gasteiger partial charge on any atom is -0.482 e. The van der Waals surface area contributed by atoms with Gasteiger partial charge in [-0.3, -0.25) is 4.79 Å². The SMILES string of the molecule is CC[C@@H](C)c1ccccc1NC(=O)[C@@H](C)OC(=O)COc1ccccc1C. The minimum absolute atomic E-state index is 0.244. The van der Waals surface area contributed by atoms with Gasteiger partial charge in [0.25, 0.3) is 5.91 Å². The van der Waals surface area contributed by atoms with E-state index in [-0.39, 0.29) is 12.5 Å². The van der Waals surface area contributed by atoms with E-state index >= 15 is 0 Å². The number of hydrogen-bond donors (Lipinski definition) is 1. The number of para-hydroxylation sites is 2. The fourth-order valence-electron chi connectivity index (χ4n) is 2.63. The Morgan fingerprint density at radius 2 is 1.70 bits per heavy atom. The molecular formula is C22H27NO4. The Bertz CT molecular complexity index is 787. The molecule has 1 N–H and O–H groups in total. The van der Waals surface area contributed by atoms with Gasteiger partial charge in [0.05, 0.1) is 0 Å². The van der Waals surface area contributed by atoms with Crippen LogP contribution in [0.4, 0.5) is 5.69 Å². The molecule has 2 aromatic carbocycles. The van der Waals surface area contributed by atoms with Crippen LogP contribution in [0.3, 0.4) is 0 Å². The molecule has 0 aliphatic heterocycles. The van der Waals surface area contributed by atoms with Crippen molar-refractivity contribution in [3.63, 3.8) is 0 Å². The molecule has 0 aromatic heterocycles. The molecule has 5 heteroatoms. The number of ether oxygens (including phenoxy) is 2. The topological polar surface area (TPSA) is 64.6 Å². The predicted molar refractivity (Wildman–Crippen MR) is 106 cm³/mol. The minimum atomic E-state index is -0.914. The third-order valence-electron chi connectivity index (χ3n) is 4.48. The van der Waals surface area contributed by atoms with Crippen LogP contribution in [0.15, 0.2) is 48.5 Å². The average molecular weight is 369 g/mol. The zero-order valence-corrected chi connectivity index (χ0v) is 16.3. The Hall–Kier alpha value is -2.82. The number of carbonyl (C=O) groups is 2. The molecule has 0 aliphatic rings. The molecule has 2 aromatic rings. The van der Waals surface area contributed by atoms with Gasteiger partial charge in [-0.1, -0.05) is 50.2 Å². The number of esters is 1. The van der Waals surface area contributed by atoms with Gasteiger partial charge in [-0.05, 0) is 49.4 Å². The highest BCUT2D eigenvalue weighted by Gasteiger charge is 2.20. The van der Waals surface area contributed by atoms with Gasteiger partial charge < -0.3 is 14.8 Å². The van der Waals surface area contributed by atoms with Gasteiger partial charge in [0.2, 0.25) is 0 Å². The Kier molecular flexibility index (Phi) is 7.41. The van der Waals surface area contributed by atoms with Gasteiger partial charge in [0.1, 0.15) is 5.75 Å². The number of anilines is 1. The van der Waals surface area contributed by atoms with Gasteiger partial charge in [0.15, 0.2) is 12.7 Å². The van der Waals surface area contributed by atoms with Crippen molar-refractivity contribution in [3.8, 4) is 5.75 Å². The lowest BCUT2D eigenvalue weighted by atomic mass is 9.97. The molecule has 0 aliphatic carbocycles. The second-order valence-corrected chi connectivity index (χ2v) is 6.57. The van der Waals surface area contributed by atoms with Crippen molar-refractivity contribution >= 4 is 17.6 Å². The molecule has 5 nitrogen and oxygen atoms in total. The molecule has 2 rings (SSSR count). The maximum atomic E-state index is 12.4. The quantitative estimate of drug-likeness (QED) is 0.698. The molecule has 0 radical (unpaired) electrons. The third-order valence-corrected chi connectivity index (χ3v) is 4.48. The molecule has 0 heterocycles. The number of carbonyl (C=O) groups excluding carboxylic acids is 2. The highest BCUT2D eigenvalue weighted by molar-refractivity contribution is 5.95. The smallest absolute Gasteiger partial charge is 0.344 e. The van der Waals surface area contributed by atoms with Crippen molar-refractivity contribution in [2.24, 2.45) is 0 Å². The van der Waals surface area contributed by atoms with Crippen molar-refractivity contribution in [1.82, 2.24) is 0 Å². The largest absolute Gasteiger partial charge is 0.482 e. The normalized spacial score (nSPS) is 12.7. The first-order valence-corrected chi connectivity index (χ1v) is 9.20. The van der Waals surface area contributed by atoms with E-state index in [0.717, 1.165) is 23.2 Å². The van der Waals surface area contributed by atoms with Crippen molar-refractivity contribution in [2.75, 3.05) is 11.9 Å². The van der Waals surface area contributed by atoms with E-state index in [0.29, 0.717) is 11.7 Å². The molecule has 0 fully saturated rings. The molecular weight excluding hydrogens is 342 g/mol. The zero-order valence-electron chi connectivity index (χ0n) is 16.3. The maximum Gasteiger partial charge on any atom is 0.344 e. The van der Waals surface area contributed by atoms with Crippen molar-refractivity contribution in [3.05, 3.63) is 59.7 Å². The molecule has 0 unspecified atom stereocenters. The third kappa shape index (κ3) is 5.84. The average Bonchev–Trinajstić information content (AvgIpc) is 2.67. The highest BCUT2D eigenvalue weighted by atomic mass is 16.6. The predicted octanol–water partition coefficient (Wildman–Crippen LogP) is 4.46. The zero-order chi connectivity index (χ0) is 19.8. The first kappa shape index (κ1) is 20.5. The van der Waals surface area contributed by atoms with E-state index in [9.17, 15) is 9.59 Å². The lowest BCUT2D eigenvalue weighted by molar-refractivity contribution is -0.155. The number of benzene rings is 2. The summed E-state index contributed by atoms with van der Waals surface area (Å²) in [4.78, 5) is 24.4. The summed E-state index contributed by atoms with van der Waals surface area (Å²) in [6.07, 6.45) is 0.0520. The van der Waals surface area contributed by atoms with E-state index in [1.165, 1.54) is 0 Å². The summed E-state index contributed by atoms with van der Waals surface area (Å²) in [5.41, 5.74) is 2.74. The fourth-order valence-corrected chi connectivity index (χ4v) is 2.63.